The summed E-state index contributed by atoms with van der Waals surface area (Å²) in [5.74, 6) is 1.01. The lowest BCUT2D eigenvalue weighted by Gasteiger charge is -2.24. The molecule has 1 amide bonds. The van der Waals surface area contributed by atoms with Crippen molar-refractivity contribution < 1.29 is 4.79 Å². The van der Waals surface area contributed by atoms with Crippen molar-refractivity contribution in [3.8, 4) is 0 Å². The molecule has 0 saturated carbocycles. The van der Waals surface area contributed by atoms with Gasteiger partial charge in [-0.25, -0.2) is 0 Å². The molecule has 5 nitrogen and oxygen atoms in total. The normalized spacial score (nSPS) is 19.1. The molecule has 0 spiro atoms. The number of nitrogens with one attached hydrogen (secondary N) is 2. The highest BCUT2D eigenvalue weighted by molar-refractivity contribution is 5.82. The van der Waals surface area contributed by atoms with E-state index in [1.165, 1.54) is 6.42 Å². The summed E-state index contributed by atoms with van der Waals surface area (Å²) in [4.78, 5) is 18.3. The van der Waals surface area contributed by atoms with E-state index >= 15 is 0 Å². The Hall–Kier alpha value is -1.26. The molecule has 0 aromatic rings. The van der Waals surface area contributed by atoms with Crippen molar-refractivity contribution in [2.75, 3.05) is 33.2 Å². The molecular weight excluding hydrogens is 252 g/mol. The summed E-state index contributed by atoms with van der Waals surface area (Å²) >= 11 is 0. The molecular formula is C15H30N4O. The van der Waals surface area contributed by atoms with Gasteiger partial charge in [-0.2, -0.15) is 0 Å². The second-order valence-corrected chi connectivity index (χ2v) is 7.32. The van der Waals surface area contributed by atoms with E-state index in [1.807, 2.05) is 20.8 Å². The molecule has 1 aliphatic rings. The number of hydrogen-bond donors (Lipinski definition) is 2. The molecule has 0 aliphatic carbocycles. The van der Waals surface area contributed by atoms with Gasteiger partial charge in [0.15, 0.2) is 5.96 Å². The largest absolute Gasteiger partial charge is 0.354 e. The Bertz CT molecular complexity index is 369. The highest BCUT2D eigenvalue weighted by Crippen LogP contribution is 2.28. The van der Waals surface area contributed by atoms with Crippen molar-refractivity contribution in [1.29, 1.82) is 0 Å². The Morgan fingerprint density at radius 3 is 2.30 bits per heavy atom. The van der Waals surface area contributed by atoms with Crippen molar-refractivity contribution in [3.05, 3.63) is 0 Å². The van der Waals surface area contributed by atoms with Crippen LogP contribution in [-0.4, -0.2) is 50.0 Å². The first-order valence-corrected chi connectivity index (χ1v) is 7.40. The van der Waals surface area contributed by atoms with Gasteiger partial charge >= 0.3 is 0 Å². The number of aliphatic imine (C=N–C) groups is 1. The van der Waals surface area contributed by atoms with Crippen LogP contribution in [0.25, 0.3) is 0 Å². The third-order valence-corrected chi connectivity index (χ3v) is 3.56. The zero-order valence-corrected chi connectivity index (χ0v) is 13.8. The number of carbonyl (C=O) groups excluding carboxylic acids is 1. The highest BCUT2D eigenvalue weighted by atomic mass is 16.2. The summed E-state index contributed by atoms with van der Waals surface area (Å²) < 4.78 is 0. The first-order valence-electron chi connectivity index (χ1n) is 7.40. The van der Waals surface area contributed by atoms with Crippen LogP contribution in [0, 0.1) is 10.8 Å². The second kappa shape index (κ2) is 6.46. The number of carbonyl (C=O) groups is 1. The lowest BCUT2D eigenvalue weighted by atomic mass is 9.93. The molecule has 1 heterocycles. The van der Waals surface area contributed by atoms with Crippen molar-refractivity contribution >= 4 is 11.9 Å². The Morgan fingerprint density at radius 2 is 1.85 bits per heavy atom. The third kappa shape index (κ3) is 5.02. The van der Waals surface area contributed by atoms with Gasteiger partial charge < -0.3 is 15.5 Å². The lowest BCUT2D eigenvalue weighted by molar-refractivity contribution is -0.128. The number of likely N-dealkylation sites (tertiary alicyclic amines) is 1. The third-order valence-electron chi connectivity index (χ3n) is 3.56. The average molecular weight is 282 g/mol. The van der Waals surface area contributed by atoms with Gasteiger partial charge in [0, 0.05) is 38.6 Å². The van der Waals surface area contributed by atoms with Gasteiger partial charge in [-0.15, -0.1) is 0 Å². The topological polar surface area (TPSA) is 56.7 Å². The summed E-state index contributed by atoms with van der Waals surface area (Å²) in [6.07, 6.45) is 1.19. The van der Waals surface area contributed by atoms with E-state index in [-0.39, 0.29) is 11.3 Å². The van der Waals surface area contributed by atoms with E-state index in [0.717, 1.165) is 19.0 Å². The predicted octanol–water partition coefficient (Wildman–Crippen LogP) is 1.46. The highest BCUT2D eigenvalue weighted by Gasteiger charge is 2.30. The van der Waals surface area contributed by atoms with Gasteiger partial charge in [-0.05, 0) is 11.8 Å². The number of guanidine groups is 1. The van der Waals surface area contributed by atoms with Gasteiger partial charge in [-0.3, -0.25) is 9.79 Å². The molecule has 116 valence electrons. The fourth-order valence-electron chi connectivity index (χ4n) is 2.24. The molecule has 0 unspecified atom stereocenters. The van der Waals surface area contributed by atoms with Crippen LogP contribution in [0.15, 0.2) is 4.99 Å². The molecule has 1 rings (SSSR count). The summed E-state index contributed by atoms with van der Waals surface area (Å²) in [6.45, 7) is 13.7. The minimum Gasteiger partial charge on any atom is -0.354 e. The summed E-state index contributed by atoms with van der Waals surface area (Å²) in [6, 6.07) is 0. The SMILES string of the molecule is CN=C(NCCNC(=O)C(C)(C)C)N1CCC(C)(C)C1. The number of amides is 1. The summed E-state index contributed by atoms with van der Waals surface area (Å²) in [5.41, 5.74) is 0.0265. The van der Waals surface area contributed by atoms with Crippen LogP contribution in [0.3, 0.4) is 0 Å². The second-order valence-electron chi connectivity index (χ2n) is 7.32. The van der Waals surface area contributed by atoms with Crippen LogP contribution in [0.4, 0.5) is 0 Å². The van der Waals surface area contributed by atoms with Gasteiger partial charge in [0.25, 0.3) is 0 Å². The van der Waals surface area contributed by atoms with E-state index in [4.69, 9.17) is 0 Å². The molecule has 1 saturated heterocycles. The molecule has 1 aliphatic heterocycles. The quantitative estimate of drug-likeness (QED) is 0.468. The van der Waals surface area contributed by atoms with Crippen molar-refractivity contribution in [1.82, 2.24) is 15.5 Å². The monoisotopic (exact) mass is 282 g/mol. The maximum Gasteiger partial charge on any atom is 0.225 e. The van der Waals surface area contributed by atoms with Crippen LogP contribution in [0.1, 0.15) is 41.0 Å². The van der Waals surface area contributed by atoms with E-state index in [1.54, 1.807) is 7.05 Å². The van der Waals surface area contributed by atoms with E-state index in [0.29, 0.717) is 18.5 Å². The van der Waals surface area contributed by atoms with Gasteiger partial charge in [-0.1, -0.05) is 34.6 Å². The summed E-state index contributed by atoms with van der Waals surface area (Å²) in [7, 11) is 1.81. The predicted molar refractivity (Wildman–Crippen MR) is 83.8 cm³/mol. The Kier molecular flexibility index (Phi) is 5.42. The zero-order valence-electron chi connectivity index (χ0n) is 13.8. The van der Waals surface area contributed by atoms with Crippen molar-refractivity contribution in [3.63, 3.8) is 0 Å². The summed E-state index contributed by atoms with van der Waals surface area (Å²) in [5, 5.41) is 6.25. The molecule has 0 bridgehead atoms. The average Bonchev–Trinajstić information content (AvgIpc) is 2.68. The maximum absolute atomic E-state index is 11.7. The Labute approximate surface area is 123 Å². The molecule has 2 N–H and O–H groups in total. The molecule has 0 aromatic carbocycles. The van der Waals surface area contributed by atoms with E-state index in [2.05, 4.69) is 34.4 Å². The van der Waals surface area contributed by atoms with E-state index < -0.39 is 0 Å². The first-order chi connectivity index (χ1) is 9.15. The Morgan fingerprint density at radius 1 is 1.25 bits per heavy atom. The van der Waals surface area contributed by atoms with Crippen molar-refractivity contribution in [2.24, 2.45) is 15.8 Å². The molecule has 20 heavy (non-hydrogen) atoms. The van der Waals surface area contributed by atoms with E-state index in [9.17, 15) is 4.79 Å². The maximum atomic E-state index is 11.7. The van der Waals surface area contributed by atoms with Crippen LogP contribution in [0.5, 0.6) is 0 Å². The molecule has 0 radical (unpaired) electrons. The van der Waals surface area contributed by atoms with Crippen LogP contribution in [-0.2, 0) is 4.79 Å². The fourth-order valence-corrected chi connectivity index (χ4v) is 2.24. The number of nitrogens with zero attached hydrogens (tertiary/aromatic N) is 2. The fraction of sp³-hybridized carbons (Fsp3) is 0.867. The van der Waals surface area contributed by atoms with Crippen LogP contribution in [0.2, 0.25) is 0 Å². The smallest absolute Gasteiger partial charge is 0.225 e. The molecule has 0 aromatic heterocycles. The molecule has 0 atom stereocenters. The first kappa shape index (κ1) is 16.8. The standard InChI is InChI=1S/C15H30N4O/c1-14(2,3)12(20)17-8-9-18-13(16-6)19-10-7-15(4,5)11-19/h7-11H2,1-6H3,(H,16,18)(H,17,20). The van der Waals surface area contributed by atoms with Gasteiger partial charge in [0.2, 0.25) is 5.91 Å². The minimum atomic E-state index is -0.333. The Balaban J connectivity index is 2.32. The zero-order chi connectivity index (χ0) is 15.4. The minimum absolute atomic E-state index is 0.0802. The molecule has 1 fully saturated rings. The van der Waals surface area contributed by atoms with Gasteiger partial charge in [0.1, 0.15) is 0 Å². The van der Waals surface area contributed by atoms with Gasteiger partial charge in [0.05, 0.1) is 0 Å². The number of hydrogen-bond acceptors (Lipinski definition) is 2. The lowest BCUT2D eigenvalue weighted by Crippen LogP contribution is -2.45. The molecule has 5 heteroatoms. The van der Waals surface area contributed by atoms with Crippen molar-refractivity contribution in [2.45, 2.75) is 41.0 Å². The number of rotatable bonds is 3. The van der Waals surface area contributed by atoms with Crippen LogP contribution < -0.4 is 10.6 Å². The van der Waals surface area contributed by atoms with Crippen LogP contribution >= 0.6 is 0 Å².